The van der Waals surface area contributed by atoms with Crippen molar-refractivity contribution in [2.24, 2.45) is 11.8 Å². The van der Waals surface area contributed by atoms with Gasteiger partial charge in [0.25, 0.3) is 0 Å². The molecule has 6 rings (SSSR count). The van der Waals surface area contributed by atoms with Gasteiger partial charge in [-0.15, -0.1) is 0 Å². The third kappa shape index (κ3) is 7.20. The van der Waals surface area contributed by atoms with Crippen molar-refractivity contribution in [2.75, 3.05) is 39.5 Å². The van der Waals surface area contributed by atoms with Crippen LogP contribution in [0.2, 0.25) is 0 Å². The van der Waals surface area contributed by atoms with Gasteiger partial charge in [-0.1, -0.05) is 60.7 Å². The molecule has 2 saturated carbocycles. The Hall–Kier alpha value is -2.78. The lowest BCUT2D eigenvalue weighted by atomic mass is 9.70. The van der Waals surface area contributed by atoms with Crippen LogP contribution in [0.5, 0.6) is 0 Å². The second-order valence-electron chi connectivity index (χ2n) is 11.0. The predicted octanol–water partition coefficient (Wildman–Crippen LogP) is 3.00. The third-order valence-corrected chi connectivity index (χ3v) is 7.81. The van der Waals surface area contributed by atoms with Crippen LogP contribution in [0.3, 0.4) is 0 Å². The number of rotatable bonds is 8. The van der Waals surface area contributed by atoms with Crippen molar-refractivity contribution in [3.63, 3.8) is 0 Å². The van der Waals surface area contributed by atoms with Crippen LogP contribution in [0.15, 0.2) is 60.7 Å². The second-order valence-corrected chi connectivity index (χ2v) is 11.0. The summed E-state index contributed by atoms with van der Waals surface area (Å²) in [5.74, 6) is 1.10. The summed E-state index contributed by atoms with van der Waals surface area (Å²) < 4.78 is 22.8. The molecule has 204 valence electrons. The average Bonchev–Trinajstić information content (AvgIpc) is 2.91. The molecular formula is C30H38N2O6. The van der Waals surface area contributed by atoms with Crippen LogP contribution >= 0.6 is 0 Å². The Morgan fingerprint density at radius 1 is 0.658 bits per heavy atom. The molecule has 2 aromatic carbocycles. The Balaban J connectivity index is 0.000000155. The number of nitrogens with one attached hydrogen (secondary N) is 2. The van der Waals surface area contributed by atoms with Crippen LogP contribution in [-0.2, 0) is 41.8 Å². The molecule has 4 aliphatic rings. The molecule has 2 amide bonds. The maximum atomic E-state index is 11.0. The highest BCUT2D eigenvalue weighted by atomic mass is 16.5. The monoisotopic (exact) mass is 522 g/mol. The van der Waals surface area contributed by atoms with Crippen LogP contribution in [-0.4, -0.2) is 62.5 Å². The van der Waals surface area contributed by atoms with Crippen molar-refractivity contribution >= 4 is 11.8 Å². The van der Waals surface area contributed by atoms with E-state index in [1.54, 1.807) is 0 Å². The molecule has 2 aromatic rings. The zero-order valence-electron chi connectivity index (χ0n) is 21.9. The van der Waals surface area contributed by atoms with E-state index in [2.05, 4.69) is 34.9 Å². The fraction of sp³-hybridized carbons (Fsp3) is 0.533. The smallest absolute Gasteiger partial charge is 0.246 e. The SMILES string of the molecule is O=C1COC2(CN1)CC(COCc1ccccc1)C2.O=C1COC2(CN1)CC(COCc1ccccc1)C2. The van der Waals surface area contributed by atoms with Crippen LogP contribution in [0.25, 0.3) is 0 Å². The minimum atomic E-state index is -0.102. The number of morpholine rings is 2. The van der Waals surface area contributed by atoms with Crippen molar-refractivity contribution in [3.05, 3.63) is 71.8 Å². The van der Waals surface area contributed by atoms with Crippen molar-refractivity contribution < 1.29 is 28.5 Å². The quantitative estimate of drug-likeness (QED) is 0.554. The highest BCUT2D eigenvalue weighted by Crippen LogP contribution is 2.42. The molecule has 0 unspecified atom stereocenters. The summed E-state index contributed by atoms with van der Waals surface area (Å²) >= 11 is 0. The molecule has 8 nitrogen and oxygen atoms in total. The molecule has 38 heavy (non-hydrogen) atoms. The number of hydrogen-bond donors (Lipinski definition) is 2. The van der Waals surface area contributed by atoms with Gasteiger partial charge >= 0.3 is 0 Å². The van der Waals surface area contributed by atoms with Gasteiger partial charge in [-0.3, -0.25) is 9.59 Å². The minimum absolute atomic E-state index is 0.00518. The topological polar surface area (TPSA) is 95.1 Å². The minimum Gasteiger partial charge on any atom is -0.376 e. The molecule has 2 aliphatic carbocycles. The fourth-order valence-electron chi connectivity index (χ4n) is 5.74. The summed E-state index contributed by atoms with van der Waals surface area (Å²) in [6.07, 6.45) is 3.95. The van der Waals surface area contributed by atoms with Gasteiger partial charge in [-0.25, -0.2) is 0 Å². The van der Waals surface area contributed by atoms with Gasteiger partial charge in [0.2, 0.25) is 11.8 Å². The standard InChI is InChI=1S/2C15H19NO3/c2*17-14-10-19-15(11-16-14)6-13(7-15)9-18-8-12-4-2-1-3-5-12/h2*1-5,13H,6-11H2,(H,16,17). The lowest BCUT2D eigenvalue weighted by Crippen LogP contribution is -2.59. The van der Waals surface area contributed by atoms with E-state index in [1.165, 1.54) is 11.1 Å². The highest BCUT2D eigenvalue weighted by Gasteiger charge is 2.48. The van der Waals surface area contributed by atoms with Gasteiger partial charge in [0.15, 0.2) is 0 Å². The normalized spacial score (nSPS) is 29.9. The molecule has 4 fully saturated rings. The molecular weight excluding hydrogens is 484 g/mol. The molecule has 2 heterocycles. The van der Waals surface area contributed by atoms with E-state index >= 15 is 0 Å². The molecule has 0 atom stereocenters. The Labute approximate surface area is 224 Å². The van der Waals surface area contributed by atoms with Gasteiger partial charge in [0.05, 0.1) is 37.6 Å². The summed E-state index contributed by atoms with van der Waals surface area (Å²) in [6, 6.07) is 20.4. The summed E-state index contributed by atoms with van der Waals surface area (Å²) in [4.78, 5) is 22.1. The van der Waals surface area contributed by atoms with Gasteiger partial charge < -0.3 is 29.6 Å². The summed E-state index contributed by atoms with van der Waals surface area (Å²) in [6.45, 7) is 4.60. The second kappa shape index (κ2) is 12.4. The lowest BCUT2D eigenvalue weighted by molar-refractivity contribution is -0.172. The Morgan fingerprint density at radius 3 is 1.39 bits per heavy atom. The zero-order chi connectivity index (χ0) is 26.3. The summed E-state index contributed by atoms with van der Waals surface area (Å²) in [7, 11) is 0. The average molecular weight is 523 g/mol. The van der Waals surface area contributed by atoms with Crippen molar-refractivity contribution in [1.29, 1.82) is 0 Å². The van der Waals surface area contributed by atoms with Crippen molar-refractivity contribution in [3.8, 4) is 0 Å². The third-order valence-electron chi connectivity index (χ3n) is 7.81. The summed E-state index contributed by atoms with van der Waals surface area (Å²) in [5.41, 5.74) is 2.21. The van der Waals surface area contributed by atoms with Gasteiger partial charge in [-0.2, -0.15) is 0 Å². The first kappa shape index (κ1) is 26.8. The molecule has 2 aliphatic heterocycles. The number of benzene rings is 2. The van der Waals surface area contributed by atoms with E-state index in [-0.39, 0.29) is 36.2 Å². The van der Waals surface area contributed by atoms with E-state index in [0.717, 1.165) is 38.9 Å². The molecule has 0 radical (unpaired) electrons. The summed E-state index contributed by atoms with van der Waals surface area (Å²) in [5, 5.41) is 5.75. The van der Waals surface area contributed by atoms with E-state index in [9.17, 15) is 9.59 Å². The van der Waals surface area contributed by atoms with Crippen LogP contribution in [0, 0.1) is 11.8 Å². The Bertz CT molecular complexity index is 941. The molecule has 2 N–H and O–H groups in total. The first-order valence-corrected chi connectivity index (χ1v) is 13.6. The van der Waals surface area contributed by atoms with Gasteiger partial charge in [0, 0.05) is 13.1 Å². The van der Waals surface area contributed by atoms with Crippen LogP contribution in [0.1, 0.15) is 36.8 Å². The van der Waals surface area contributed by atoms with Gasteiger partial charge in [0.1, 0.15) is 13.2 Å². The van der Waals surface area contributed by atoms with Crippen LogP contribution < -0.4 is 10.6 Å². The van der Waals surface area contributed by atoms with Crippen molar-refractivity contribution in [1.82, 2.24) is 10.6 Å². The first-order valence-electron chi connectivity index (χ1n) is 13.6. The van der Waals surface area contributed by atoms with E-state index in [0.29, 0.717) is 38.1 Å². The predicted molar refractivity (Wildman–Crippen MR) is 141 cm³/mol. The molecule has 2 saturated heterocycles. The maximum absolute atomic E-state index is 11.0. The Kier molecular flexibility index (Phi) is 8.74. The van der Waals surface area contributed by atoms with Gasteiger partial charge in [-0.05, 0) is 48.6 Å². The Morgan fingerprint density at radius 2 is 1.05 bits per heavy atom. The van der Waals surface area contributed by atoms with E-state index in [1.807, 2.05) is 36.4 Å². The number of ether oxygens (including phenoxy) is 4. The number of carbonyl (C=O) groups excluding carboxylic acids is 2. The molecule has 0 aromatic heterocycles. The lowest BCUT2D eigenvalue weighted by Gasteiger charge is -2.49. The largest absolute Gasteiger partial charge is 0.376 e. The number of hydrogen-bond acceptors (Lipinski definition) is 6. The maximum Gasteiger partial charge on any atom is 0.246 e. The molecule has 0 bridgehead atoms. The van der Waals surface area contributed by atoms with Crippen LogP contribution in [0.4, 0.5) is 0 Å². The number of carbonyl (C=O) groups is 2. The van der Waals surface area contributed by atoms with Crippen molar-refractivity contribution in [2.45, 2.75) is 50.1 Å². The van der Waals surface area contributed by atoms with E-state index < -0.39 is 0 Å². The first-order chi connectivity index (χ1) is 18.5. The number of amides is 2. The molecule has 8 heteroatoms. The fourth-order valence-corrected chi connectivity index (χ4v) is 5.74. The highest BCUT2D eigenvalue weighted by molar-refractivity contribution is 5.78. The zero-order valence-corrected chi connectivity index (χ0v) is 21.9. The molecule has 2 spiro atoms. The van der Waals surface area contributed by atoms with E-state index in [4.69, 9.17) is 18.9 Å².